The summed E-state index contributed by atoms with van der Waals surface area (Å²) in [5, 5.41) is 9.45. The van der Waals surface area contributed by atoms with E-state index in [1.54, 1.807) is 49.8 Å². The van der Waals surface area contributed by atoms with E-state index < -0.39 is 5.91 Å². The number of hydrogen-bond donors (Lipinski definition) is 2. The van der Waals surface area contributed by atoms with Gasteiger partial charge in [0.05, 0.1) is 17.1 Å². The van der Waals surface area contributed by atoms with Crippen molar-refractivity contribution in [2.75, 3.05) is 10.6 Å². The third-order valence-corrected chi connectivity index (χ3v) is 5.82. The number of para-hydroxylation sites is 1. The smallest absolute Gasteiger partial charge is 0.295 e. The van der Waals surface area contributed by atoms with Gasteiger partial charge in [-0.25, -0.2) is 4.68 Å². The normalized spacial score (nSPS) is 11.0. The average molecular weight is 474 g/mol. The Labute approximate surface area is 202 Å². The summed E-state index contributed by atoms with van der Waals surface area (Å²) in [5.74, 6) is -0.336. The molecule has 2 heterocycles. The van der Waals surface area contributed by atoms with Gasteiger partial charge < -0.3 is 15.2 Å². The molecule has 35 heavy (non-hydrogen) atoms. The van der Waals surface area contributed by atoms with Gasteiger partial charge in [-0.15, -0.1) is 0 Å². The van der Waals surface area contributed by atoms with Crippen LogP contribution in [0.3, 0.4) is 0 Å². The molecule has 0 spiro atoms. The maximum atomic E-state index is 13.1. The summed E-state index contributed by atoms with van der Waals surface area (Å²) in [6.07, 6.45) is 0. The molecule has 2 amide bonds. The van der Waals surface area contributed by atoms with E-state index in [1.807, 2.05) is 44.2 Å². The number of aryl methyl sites for hydroxylation is 1. The lowest BCUT2D eigenvalue weighted by Gasteiger charge is -2.09. The molecule has 180 valence electrons. The summed E-state index contributed by atoms with van der Waals surface area (Å²) in [6.45, 7) is 7.30. The van der Waals surface area contributed by atoms with Gasteiger partial charge in [0.15, 0.2) is 5.76 Å². The summed E-state index contributed by atoms with van der Waals surface area (Å²) in [6, 6.07) is 15.7. The first-order valence-corrected chi connectivity index (χ1v) is 11.2. The SMILES string of the molecule is Cc1noc(C(C)C)c1C(=O)Nc1cccc(C(=O)Nc2c(C)n(C)n(-c3ccccc3)c2=O)c1. The van der Waals surface area contributed by atoms with Crippen molar-refractivity contribution in [1.29, 1.82) is 0 Å². The summed E-state index contributed by atoms with van der Waals surface area (Å²) in [4.78, 5) is 39.0. The molecule has 0 atom stereocenters. The molecular formula is C26H27N5O4. The van der Waals surface area contributed by atoms with Gasteiger partial charge in [-0.3, -0.25) is 19.1 Å². The number of rotatable bonds is 6. The van der Waals surface area contributed by atoms with E-state index in [4.69, 9.17) is 4.52 Å². The minimum absolute atomic E-state index is 0.0110. The molecule has 4 aromatic rings. The summed E-state index contributed by atoms with van der Waals surface area (Å²) in [5.41, 5.74) is 2.77. The predicted octanol–water partition coefficient (Wildman–Crippen LogP) is 4.41. The van der Waals surface area contributed by atoms with Crippen LogP contribution < -0.4 is 16.2 Å². The van der Waals surface area contributed by atoms with Crippen LogP contribution in [0.2, 0.25) is 0 Å². The van der Waals surface area contributed by atoms with Gasteiger partial charge in [-0.05, 0) is 44.2 Å². The van der Waals surface area contributed by atoms with Crippen LogP contribution in [0.5, 0.6) is 0 Å². The molecule has 9 heteroatoms. The molecule has 0 aliphatic carbocycles. The first-order valence-electron chi connectivity index (χ1n) is 11.2. The van der Waals surface area contributed by atoms with Crippen molar-refractivity contribution in [3.05, 3.63) is 93.2 Å². The topological polar surface area (TPSA) is 111 Å². The Hall–Kier alpha value is -4.40. The van der Waals surface area contributed by atoms with Gasteiger partial charge in [-0.2, -0.15) is 0 Å². The van der Waals surface area contributed by atoms with E-state index >= 15 is 0 Å². The fraction of sp³-hybridized carbons (Fsp3) is 0.231. The van der Waals surface area contributed by atoms with Crippen LogP contribution >= 0.6 is 0 Å². The Morgan fingerprint density at radius 3 is 2.37 bits per heavy atom. The fourth-order valence-electron chi connectivity index (χ4n) is 3.89. The third-order valence-electron chi connectivity index (χ3n) is 5.82. The van der Waals surface area contributed by atoms with Gasteiger partial charge in [0, 0.05) is 24.2 Å². The number of nitrogens with one attached hydrogen (secondary N) is 2. The second-order valence-corrected chi connectivity index (χ2v) is 8.59. The van der Waals surface area contributed by atoms with Crippen LogP contribution in [0.15, 0.2) is 63.9 Å². The highest BCUT2D eigenvalue weighted by atomic mass is 16.5. The van der Waals surface area contributed by atoms with Crippen LogP contribution in [0.25, 0.3) is 5.69 Å². The van der Waals surface area contributed by atoms with Crippen molar-refractivity contribution >= 4 is 23.2 Å². The molecule has 4 rings (SSSR count). The highest BCUT2D eigenvalue weighted by Crippen LogP contribution is 2.24. The fourth-order valence-corrected chi connectivity index (χ4v) is 3.89. The highest BCUT2D eigenvalue weighted by Gasteiger charge is 2.23. The molecular weight excluding hydrogens is 446 g/mol. The number of hydrogen-bond acceptors (Lipinski definition) is 5. The molecule has 2 N–H and O–H groups in total. The van der Waals surface area contributed by atoms with Crippen molar-refractivity contribution in [3.63, 3.8) is 0 Å². The molecule has 0 radical (unpaired) electrons. The second-order valence-electron chi connectivity index (χ2n) is 8.59. The Bertz CT molecular complexity index is 1460. The number of amides is 2. The van der Waals surface area contributed by atoms with Crippen molar-refractivity contribution in [2.45, 2.75) is 33.6 Å². The van der Waals surface area contributed by atoms with E-state index in [-0.39, 0.29) is 23.1 Å². The number of benzene rings is 2. The largest absolute Gasteiger partial charge is 0.360 e. The van der Waals surface area contributed by atoms with Gasteiger partial charge in [0.25, 0.3) is 17.4 Å². The van der Waals surface area contributed by atoms with Crippen molar-refractivity contribution in [2.24, 2.45) is 7.05 Å². The first kappa shape index (κ1) is 23.7. The lowest BCUT2D eigenvalue weighted by molar-refractivity contribution is 0.101. The van der Waals surface area contributed by atoms with Crippen LogP contribution in [0, 0.1) is 13.8 Å². The van der Waals surface area contributed by atoms with Crippen LogP contribution in [-0.2, 0) is 7.05 Å². The maximum Gasteiger partial charge on any atom is 0.295 e. The van der Waals surface area contributed by atoms with E-state index in [2.05, 4.69) is 15.8 Å². The molecule has 2 aromatic carbocycles. The minimum atomic E-state index is -0.462. The Morgan fingerprint density at radius 1 is 0.971 bits per heavy atom. The van der Waals surface area contributed by atoms with Gasteiger partial charge in [0.2, 0.25) is 0 Å². The number of nitrogens with zero attached hydrogens (tertiary/aromatic N) is 3. The Kier molecular flexibility index (Phi) is 6.42. The summed E-state index contributed by atoms with van der Waals surface area (Å²) >= 11 is 0. The van der Waals surface area contributed by atoms with E-state index in [9.17, 15) is 14.4 Å². The molecule has 0 fully saturated rings. The van der Waals surface area contributed by atoms with Gasteiger partial charge in [-0.1, -0.05) is 43.3 Å². The predicted molar refractivity (Wildman–Crippen MR) is 133 cm³/mol. The van der Waals surface area contributed by atoms with Crippen molar-refractivity contribution < 1.29 is 14.1 Å². The van der Waals surface area contributed by atoms with E-state index in [0.29, 0.717) is 39.6 Å². The monoisotopic (exact) mass is 473 g/mol. The summed E-state index contributed by atoms with van der Waals surface area (Å²) in [7, 11) is 1.76. The summed E-state index contributed by atoms with van der Waals surface area (Å²) < 4.78 is 8.49. The number of anilines is 2. The van der Waals surface area contributed by atoms with Gasteiger partial charge >= 0.3 is 0 Å². The first-order chi connectivity index (χ1) is 16.7. The zero-order valence-corrected chi connectivity index (χ0v) is 20.2. The third kappa shape index (κ3) is 4.52. The van der Waals surface area contributed by atoms with E-state index in [1.165, 1.54) is 4.68 Å². The molecule has 0 saturated carbocycles. The number of carbonyl (C=O) groups excluding carboxylic acids is 2. The van der Waals surface area contributed by atoms with Crippen LogP contribution in [0.4, 0.5) is 11.4 Å². The highest BCUT2D eigenvalue weighted by molar-refractivity contribution is 6.08. The number of carbonyl (C=O) groups is 2. The van der Waals surface area contributed by atoms with Crippen molar-refractivity contribution in [3.8, 4) is 5.69 Å². The Balaban J connectivity index is 1.58. The Morgan fingerprint density at radius 2 is 1.69 bits per heavy atom. The molecule has 0 bridgehead atoms. The molecule has 0 aliphatic heterocycles. The van der Waals surface area contributed by atoms with Crippen LogP contribution in [-0.4, -0.2) is 26.3 Å². The molecule has 9 nitrogen and oxygen atoms in total. The minimum Gasteiger partial charge on any atom is -0.360 e. The quantitative estimate of drug-likeness (QED) is 0.431. The van der Waals surface area contributed by atoms with Crippen molar-refractivity contribution in [1.82, 2.24) is 14.5 Å². The van der Waals surface area contributed by atoms with Gasteiger partial charge in [0.1, 0.15) is 11.3 Å². The lowest BCUT2D eigenvalue weighted by atomic mass is 10.0. The molecule has 0 unspecified atom stereocenters. The zero-order chi connectivity index (χ0) is 25.3. The van der Waals surface area contributed by atoms with E-state index in [0.717, 1.165) is 0 Å². The number of aromatic nitrogens is 3. The second kappa shape index (κ2) is 9.46. The molecule has 0 saturated heterocycles. The standard InChI is InChI=1S/C26H27N5O4/c1-15(2)23-21(16(3)29-35-23)25(33)27-19-11-9-10-18(14-19)24(32)28-22-17(4)30(5)31(26(22)34)20-12-7-6-8-13-20/h6-15H,1-5H3,(H,27,33)(H,28,32). The maximum absolute atomic E-state index is 13.1. The average Bonchev–Trinajstić information content (AvgIpc) is 3.33. The lowest BCUT2D eigenvalue weighted by Crippen LogP contribution is -2.23. The molecule has 0 aliphatic rings. The van der Waals surface area contributed by atoms with Crippen LogP contribution in [0.1, 0.15) is 57.6 Å². The molecule has 2 aromatic heterocycles. The zero-order valence-electron chi connectivity index (χ0n) is 20.2.